The largest absolute Gasteiger partial charge is 0.476 e. The molecule has 3 aliphatic rings. The van der Waals surface area contributed by atoms with Gasteiger partial charge in [-0.05, 0) is 105 Å². The maximum absolute atomic E-state index is 14.2. The minimum absolute atomic E-state index is 0.00190. The van der Waals surface area contributed by atoms with Crippen LogP contribution in [-0.4, -0.2) is 83.1 Å². The van der Waals surface area contributed by atoms with Crippen LogP contribution >= 0.6 is 0 Å². The summed E-state index contributed by atoms with van der Waals surface area (Å²) in [5.41, 5.74) is 0.0630. The molecule has 1 saturated heterocycles. The summed E-state index contributed by atoms with van der Waals surface area (Å²) in [7, 11) is 0. The predicted molar refractivity (Wildman–Crippen MR) is 161 cm³/mol. The lowest BCUT2D eigenvalue weighted by Crippen LogP contribution is -2.55. The Hall–Kier alpha value is -3.30. The van der Waals surface area contributed by atoms with Gasteiger partial charge in [0.1, 0.15) is 11.4 Å². The molecule has 1 aliphatic carbocycles. The summed E-state index contributed by atoms with van der Waals surface area (Å²) in [6, 6.07) is 3.27. The van der Waals surface area contributed by atoms with E-state index >= 15 is 0 Å². The van der Waals surface area contributed by atoms with Crippen molar-refractivity contribution in [1.29, 1.82) is 0 Å². The summed E-state index contributed by atoms with van der Waals surface area (Å²) in [5, 5.41) is 2.94. The number of hydrogen-bond donors (Lipinski definition) is 1. The fourth-order valence-electron chi connectivity index (χ4n) is 5.77. The van der Waals surface area contributed by atoms with Gasteiger partial charge < -0.3 is 29.5 Å². The highest BCUT2D eigenvalue weighted by Gasteiger charge is 2.42. The quantitative estimate of drug-likeness (QED) is 0.476. The molecule has 0 spiro atoms. The van der Waals surface area contributed by atoms with Crippen LogP contribution in [-0.2, 0) is 14.3 Å². The molecule has 0 aromatic heterocycles. The molecule has 0 unspecified atom stereocenters. The van der Waals surface area contributed by atoms with Crippen molar-refractivity contribution in [1.82, 2.24) is 15.1 Å². The second-order valence-electron chi connectivity index (χ2n) is 13.7. The molecule has 0 bridgehead atoms. The first kappa shape index (κ1) is 31.6. The van der Waals surface area contributed by atoms with Crippen LogP contribution in [0.5, 0.6) is 5.75 Å². The Bertz CT molecular complexity index is 1220. The third-order valence-corrected chi connectivity index (χ3v) is 8.01. The summed E-state index contributed by atoms with van der Waals surface area (Å²) >= 11 is 0. The van der Waals surface area contributed by atoms with Gasteiger partial charge in [0, 0.05) is 44.2 Å². The molecule has 2 fully saturated rings. The second-order valence-corrected chi connectivity index (χ2v) is 13.7. The fraction of sp³-hybridized carbons (Fsp3) is 0.688. The molecule has 1 saturated carbocycles. The SMILES string of the molecule is Cc1cc2c(cc1C(=O)N(C(C)C)[C@@H]1CCCN(C(=O)OC(C)(C)C)C1)N(CCNC(=O)CC1CC1)C(=O)C(C)(C)O2. The van der Waals surface area contributed by atoms with E-state index in [9.17, 15) is 19.2 Å². The van der Waals surface area contributed by atoms with Crippen LogP contribution in [0.3, 0.4) is 0 Å². The molecule has 4 rings (SSSR count). The van der Waals surface area contributed by atoms with Crippen molar-refractivity contribution in [2.24, 2.45) is 5.92 Å². The molecule has 42 heavy (non-hydrogen) atoms. The number of aryl methyl sites for hydroxylation is 1. The minimum Gasteiger partial charge on any atom is -0.476 e. The number of amides is 4. The van der Waals surface area contributed by atoms with Crippen molar-refractivity contribution in [2.45, 2.75) is 111 Å². The number of likely N-dealkylation sites (tertiary alicyclic amines) is 1. The maximum atomic E-state index is 14.2. The van der Waals surface area contributed by atoms with E-state index in [2.05, 4.69) is 5.32 Å². The second kappa shape index (κ2) is 12.1. The molecular weight excluding hydrogens is 536 g/mol. The number of ether oxygens (including phenoxy) is 2. The number of hydrogen-bond acceptors (Lipinski definition) is 6. The molecule has 10 heteroatoms. The van der Waals surface area contributed by atoms with Crippen LogP contribution < -0.4 is 15.0 Å². The van der Waals surface area contributed by atoms with E-state index in [0.717, 1.165) is 31.2 Å². The van der Waals surface area contributed by atoms with Crippen LogP contribution in [0.15, 0.2) is 12.1 Å². The first-order chi connectivity index (χ1) is 19.6. The van der Waals surface area contributed by atoms with E-state index in [4.69, 9.17) is 9.47 Å². The van der Waals surface area contributed by atoms with Crippen LogP contribution in [0, 0.1) is 12.8 Å². The predicted octanol–water partition coefficient (Wildman–Crippen LogP) is 4.67. The van der Waals surface area contributed by atoms with Gasteiger partial charge in [0.25, 0.3) is 11.8 Å². The molecule has 2 aliphatic heterocycles. The topological polar surface area (TPSA) is 108 Å². The highest BCUT2D eigenvalue weighted by atomic mass is 16.6. The number of carbonyl (C=O) groups excluding carboxylic acids is 4. The van der Waals surface area contributed by atoms with Crippen LogP contribution in [0.4, 0.5) is 10.5 Å². The number of carbonyl (C=O) groups is 4. The van der Waals surface area contributed by atoms with Gasteiger partial charge in [-0.3, -0.25) is 14.4 Å². The molecule has 0 radical (unpaired) electrons. The number of benzene rings is 1. The molecule has 2 heterocycles. The van der Waals surface area contributed by atoms with Crippen molar-refractivity contribution in [2.75, 3.05) is 31.1 Å². The first-order valence-corrected chi connectivity index (χ1v) is 15.3. The maximum Gasteiger partial charge on any atom is 0.410 e. The molecular formula is C32H48N4O6. The number of fused-ring (bicyclic) bond motifs is 1. The van der Waals surface area contributed by atoms with E-state index in [1.807, 2.05) is 52.5 Å². The monoisotopic (exact) mass is 584 g/mol. The standard InChI is InChI=1S/C32H48N4O6/c1-20(2)36(23-10-9-14-34(19-23)30(40)42-31(4,5)6)28(38)24-18-25-26(16-21(24)3)41-32(7,8)29(39)35(25)15-13-33-27(37)17-22-11-12-22/h16,18,20,22-23H,9-15,17,19H2,1-8H3,(H,33,37)/t23-/m1/s1. The zero-order valence-corrected chi connectivity index (χ0v) is 26.5. The number of piperidine rings is 1. The van der Waals surface area contributed by atoms with Crippen molar-refractivity contribution in [3.05, 3.63) is 23.3 Å². The Labute approximate surface area is 250 Å². The normalized spacial score (nSPS) is 20.1. The third-order valence-electron chi connectivity index (χ3n) is 8.01. The molecule has 10 nitrogen and oxygen atoms in total. The summed E-state index contributed by atoms with van der Waals surface area (Å²) < 4.78 is 11.7. The van der Waals surface area contributed by atoms with Gasteiger partial charge in [0.2, 0.25) is 5.91 Å². The Morgan fingerprint density at radius 1 is 1.17 bits per heavy atom. The van der Waals surface area contributed by atoms with Crippen LogP contribution in [0.25, 0.3) is 0 Å². The molecule has 1 aromatic carbocycles. The van der Waals surface area contributed by atoms with Gasteiger partial charge in [-0.1, -0.05) is 0 Å². The van der Waals surface area contributed by atoms with E-state index in [1.165, 1.54) is 0 Å². The van der Waals surface area contributed by atoms with Crippen molar-refractivity contribution < 1.29 is 28.7 Å². The van der Waals surface area contributed by atoms with E-state index in [0.29, 0.717) is 49.0 Å². The average molecular weight is 585 g/mol. The Morgan fingerprint density at radius 3 is 2.48 bits per heavy atom. The minimum atomic E-state index is -1.08. The zero-order chi connectivity index (χ0) is 31.0. The highest BCUT2D eigenvalue weighted by molar-refractivity contribution is 6.05. The Morgan fingerprint density at radius 2 is 1.86 bits per heavy atom. The number of rotatable bonds is 8. The van der Waals surface area contributed by atoms with E-state index < -0.39 is 11.2 Å². The lowest BCUT2D eigenvalue weighted by atomic mass is 9.97. The number of nitrogens with one attached hydrogen (secondary N) is 1. The summed E-state index contributed by atoms with van der Waals surface area (Å²) in [4.78, 5) is 58.0. The van der Waals surface area contributed by atoms with Crippen molar-refractivity contribution in [3.63, 3.8) is 0 Å². The van der Waals surface area contributed by atoms with Crippen molar-refractivity contribution in [3.8, 4) is 5.75 Å². The highest BCUT2D eigenvalue weighted by Crippen LogP contribution is 2.40. The molecule has 1 atom stereocenters. The Kier molecular flexibility index (Phi) is 9.14. The molecule has 232 valence electrons. The van der Waals surface area contributed by atoms with Gasteiger partial charge in [-0.25, -0.2) is 4.79 Å². The van der Waals surface area contributed by atoms with Gasteiger partial charge in [-0.15, -0.1) is 0 Å². The van der Waals surface area contributed by atoms with Gasteiger partial charge in [0.15, 0.2) is 5.60 Å². The molecule has 1 aromatic rings. The van der Waals surface area contributed by atoms with Crippen molar-refractivity contribution >= 4 is 29.5 Å². The van der Waals surface area contributed by atoms with Gasteiger partial charge in [0.05, 0.1) is 11.7 Å². The van der Waals surface area contributed by atoms with Crippen LogP contribution in [0.1, 0.15) is 96.5 Å². The lowest BCUT2D eigenvalue weighted by molar-refractivity contribution is -0.132. The molecule has 4 amide bonds. The fourth-order valence-corrected chi connectivity index (χ4v) is 5.77. The third kappa shape index (κ3) is 7.36. The van der Waals surface area contributed by atoms with E-state index in [-0.39, 0.29) is 42.4 Å². The first-order valence-electron chi connectivity index (χ1n) is 15.3. The lowest BCUT2D eigenvalue weighted by Gasteiger charge is -2.42. The summed E-state index contributed by atoms with van der Waals surface area (Å²) in [6.45, 7) is 16.4. The van der Waals surface area contributed by atoms with E-state index in [1.54, 1.807) is 29.7 Å². The zero-order valence-electron chi connectivity index (χ0n) is 26.5. The van der Waals surface area contributed by atoms with Crippen LogP contribution in [0.2, 0.25) is 0 Å². The number of nitrogens with zero attached hydrogens (tertiary/aromatic N) is 3. The average Bonchev–Trinajstić information content (AvgIpc) is 3.69. The van der Waals surface area contributed by atoms with Gasteiger partial charge >= 0.3 is 6.09 Å². The van der Waals surface area contributed by atoms with Gasteiger partial charge in [-0.2, -0.15) is 0 Å². The summed E-state index contributed by atoms with van der Waals surface area (Å²) in [5.74, 6) is 0.627. The Balaban J connectivity index is 1.57. The molecule has 1 N–H and O–H groups in total. The smallest absolute Gasteiger partial charge is 0.410 e. The number of anilines is 1. The summed E-state index contributed by atoms with van der Waals surface area (Å²) in [6.07, 6.45) is 3.89.